The second-order valence-electron chi connectivity index (χ2n) is 9.19. The van der Waals surface area contributed by atoms with Crippen LogP contribution in [0.1, 0.15) is 37.9 Å². The number of alkyl halides is 3. The van der Waals surface area contributed by atoms with Crippen molar-refractivity contribution in [3.63, 3.8) is 0 Å². The third-order valence-electron chi connectivity index (χ3n) is 5.22. The summed E-state index contributed by atoms with van der Waals surface area (Å²) < 4.78 is 47.5. The molecule has 0 aliphatic carbocycles. The van der Waals surface area contributed by atoms with Crippen molar-refractivity contribution in [2.75, 3.05) is 17.2 Å². The molecular formula is C26H29F3N6O5. The maximum Gasteiger partial charge on any atom is 0.573 e. The van der Waals surface area contributed by atoms with Crippen LogP contribution in [-0.2, 0) is 28.9 Å². The highest BCUT2D eigenvalue weighted by Gasteiger charge is 2.31. The average Bonchev–Trinajstić information content (AvgIpc) is 2.86. The molecule has 2 heterocycles. The van der Waals surface area contributed by atoms with Crippen LogP contribution in [0.3, 0.4) is 0 Å². The first-order chi connectivity index (χ1) is 19.0. The van der Waals surface area contributed by atoms with Gasteiger partial charge in [-0.3, -0.25) is 14.7 Å². The molecule has 0 saturated heterocycles. The van der Waals surface area contributed by atoms with Crippen LogP contribution in [0.4, 0.5) is 29.6 Å². The van der Waals surface area contributed by atoms with Crippen LogP contribution in [-0.4, -0.2) is 44.7 Å². The van der Waals surface area contributed by atoms with Crippen molar-refractivity contribution in [2.45, 2.75) is 52.4 Å². The Morgan fingerprint density at radius 3 is 2.50 bits per heavy atom. The summed E-state index contributed by atoms with van der Waals surface area (Å²) in [5.41, 5.74) is 0.522. The van der Waals surface area contributed by atoms with E-state index in [1.54, 1.807) is 18.3 Å². The molecule has 0 unspecified atom stereocenters. The summed E-state index contributed by atoms with van der Waals surface area (Å²) in [6, 6.07) is 9.97. The van der Waals surface area contributed by atoms with E-state index in [-0.39, 0.29) is 30.6 Å². The Bertz CT molecular complexity index is 1350. The van der Waals surface area contributed by atoms with E-state index in [2.05, 4.69) is 30.6 Å². The van der Waals surface area contributed by atoms with E-state index < -0.39 is 29.8 Å². The maximum atomic E-state index is 12.4. The molecule has 3 rings (SSSR count). The monoisotopic (exact) mass is 562 g/mol. The number of carbonyl (C=O) groups excluding carboxylic acids is 2. The number of carbonyl (C=O) groups is 2. The van der Waals surface area contributed by atoms with E-state index in [1.807, 2.05) is 13.8 Å². The van der Waals surface area contributed by atoms with Gasteiger partial charge in [0.25, 0.3) is 0 Å². The lowest BCUT2D eigenvalue weighted by atomic mass is 10.1. The number of aryl methyl sites for hydroxylation is 2. The van der Waals surface area contributed by atoms with Crippen LogP contribution in [0, 0.1) is 5.92 Å². The Morgan fingerprint density at radius 2 is 1.82 bits per heavy atom. The summed E-state index contributed by atoms with van der Waals surface area (Å²) in [5.74, 6) is -0.376. The Hall–Kier alpha value is -4.49. The molecular weight excluding hydrogens is 533 g/mol. The van der Waals surface area contributed by atoms with Gasteiger partial charge in [0.05, 0.1) is 18.7 Å². The van der Waals surface area contributed by atoms with Crippen molar-refractivity contribution in [3.05, 3.63) is 70.4 Å². The molecule has 0 bridgehead atoms. The van der Waals surface area contributed by atoms with Gasteiger partial charge in [-0.15, -0.1) is 18.3 Å². The lowest BCUT2D eigenvalue weighted by molar-refractivity contribution is -0.274. The number of nitrogens with zero attached hydrogens (tertiary/aromatic N) is 4. The molecule has 11 nitrogen and oxygen atoms in total. The van der Waals surface area contributed by atoms with Crippen molar-refractivity contribution >= 4 is 23.6 Å². The zero-order valence-electron chi connectivity index (χ0n) is 21.9. The fraction of sp³-hybridized carbons (Fsp3) is 0.385. The van der Waals surface area contributed by atoms with Gasteiger partial charge in [0.2, 0.25) is 5.91 Å². The number of amides is 2. The van der Waals surface area contributed by atoms with Gasteiger partial charge in [0.1, 0.15) is 11.6 Å². The van der Waals surface area contributed by atoms with Crippen molar-refractivity contribution in [3.8, 4) is 5.75 Å². The number of ether oxygens (including phenoxy) is 2. The highest BCUT2D eigenvalue weighted by Crippen LogP contribution is 2.23. The van der Waals surface area contributed by atoms with E-state index in [4.69, 9.17) is 4.74 Å². The number of rotatable bonds is 12. The van der Waals surface area contributed by atoms with Gasteiger partial charge in [0, 0.05) is 12.7 Å². The minimum absolute atomic E-state index is 0.112. The first kappa shape index (κ1) is 30.1. The molecule has 0 atom stereocenters. The molecule has 0 radical (unpaired) electrons. The molecule has 14 heteroatoms. The Kier molecular flexibility index (Phi) is 10.6. The van der Waals surface area contributed by atoms with E-state index >= 15 is 0 Å². The molecule has 2 N–H and O–H groups in total. The predicted molar refractivity (Wildman–Crippen MR) is 139 cm³/mol. The maximum absolute atomic E-state index is 12.4. The third kappa shape index (κ3) is 10.7. The van der Waals surface area contributed by atoms with Gasteiger partial charge < -0.3 is 14.8 Å². The van der Waals surface area contributed by atoms with Gasteiger partial charge >= 0.3 is 18.1 Å². The van der Waals surface area contributed by atoms with Crippen LogP contribution >= 0.6 is 0 Å². The zero-order valence-corrected chi connectivity index (χ0v) is 21.9. The number of halogens is 3. The topological polar surface area (TPSA) is 137 Å². The van der Waals surface area contributed by atoms with Gasteiger partial charge in [0.15, 0.2) is 5.82 Å². The second-order valence-corrected chi connectivity index (χ2v) is 9.19. The Labute approximate surface area is 227 Å². The molecule has 40 heavy (non-hydrogen) atoms. The summed E-state index contributed by atoms with van der Waals surface area (Å²) >= 11 is 0. The van der Waals surface area contributed by atoms with Gasteiger partial charge in [-0.05, 0) is 61.1 Å². The summed E-state index contributed by atoms with van der Waals surface area (Å²) in [5, 5.41) is 13.0. The number of anilines is 2. The minimum Gasteiger partial charge on any atom is -0.449 e. The summed E-state index contributed by atoms with van der Waals surface area (Å²) in [4.78, 5) is 40.0. The van der Waals surface area contributed by atoms with E-state index in [0.717, 1.165) is 12.1 Å². The van der Waals surface area contributed by atoms with Crippen LogP contribution in [0.25, 0.3) is 0 Å². The molecule has 0 aliphatic heterocycles. The second kappa shape index (κ2) is 14.1. The molecule has 0 spiro atoms. The molecule has 3 aromatic rings. The highest BCUT2D eigenvalue weighted by atomic mass is 19.4. The van der Waals surface area contributed by atoms with Crippen molar-refractivity contribution in [1.29, 1.82) is 0 Å². The SMILES string of the molecule is CC(C)COC(=O)Nc1ccn(CCCCc2ccc(NC(=O)Cc3cccc(OC(F)(F)F)c3)nn2)c(=O)n1. The standard InChI is InChI=1S/C26H29F3N6O5/c1-17(2)16-39-25(38)32-21-11-13-35(24(37)31-21)12-4-3-7-19-9-10-22(34-33-19)30-23(36)15-18-6-5-8-20(14-18)40-26(27,28)29/h5-6,8-11,13-14,17H,3-4,7,12,15-16H2,1-2H3,(H,30,34,36)(H,31,32,37,38). The number of aromatic nitrogens is 4. The van der Waals surface area contributed by atoms with Gasteiger partial charge in [-0.1, -0.05) is 26.0 Å². The molecule has 0 fully saturated rings. The predicted octanol–water partition coefficient (Wildman–Crippen LogP) is 4.34. The fourth-order valence-electron chi connectivity index (χ4n) is 3.42. The van der Waals surface area contributed by atoms with E-state index in [0.29, 0.717) is 37.1 Å². The fourth-order valence-corrected chi connectivity index (χ4v) is 3.42. The van der Waals surface area contributed by atoms with Gasteiger partial charge in [-0.25, -0.2) is 9.59 Å². The highest BCUT2D eigenvalue weighted by molar-refractivity contribution is 5.91. The van der Waals surface area contributed by atoms with Crippen LogP contribution in [0.5, 0.6) is 5.75 Å². The number of nitrogens with one attached hydrogen (secondary N) is 2. The van der Waals surface area contributed by atoms with E-state index in [1.165, 1.54) is 22.8 Å². The number of hydrogen-bond donors (Lipinski definition) is 2. The number of hydrogen-bond acceptors (Lipinski definition) is 8. The average molecular weight is 563 g/mol. The smallest absolute Gasteiger partial charge is 0.449 e. The van der Waals surface area contributed by atoms with Crippen LogP contribution < -0.4 is 21.1 Å². The van der Waals surface area contributed by atoms with Crippen molar-refractivity contribution in [1.82, 2.24) is 19.7 Å². The molecule has 2 amide bonds. The Morgan fingerprint density at radius 1 is 1.02 bits per heavy atom. The Balaban J connectivity index is 1.40. The first-order valence-electron chi connectivity index (χ1n) is 12.5. The third-order valence-corrected chi connectivity index (χ3v) is 5.22. The molecule has 0 aliphatic rings. The van der Waals surface area contributed by atoms with Crippen LogP contribution in [0.15, 0.2) is 53.5 Å². The van der Waals surface area contributed by atoms with Crippen molar-refractivity contribution < 1.29 is 32.2 Å². The lowest BCUT2D eigenvalue weighted by Gasteiger charge is -2.10. The number of unbranched alkanes of at least 4 members (excludes halogenated alkanes) is 1. The molecule has 2 aromatic heterocycles. The summed E-state index contributed by atoms with van der Waals surface area (Å²) in [7, 11) is 0. The zero-order chi connectivity index (χ0) is 29.1. The lowest BCUT2D eigenvalue weighted by Crippen LogP contribution is -2.25. The molecule has 0 saturated carbocycles. The van der Waals surface area contributed by atoms with E-state index in [9.17, 15) is 27.6 Å². The van der Waals surface area contributed by atoms with Crippen LogP contribution in [0.2, 0.25) is 0 Å². The van der Waals surface area contributed by atoms with Crippen molar-refractivity contribution in [2.24, 2.45) is 5.92 Å². The first-order valence-corrected chi connectivity index (χ1v) is 12.5. The largest absolute Gasteiger partial charge is 0.573 e. The summed E-state index contributed by atoms with van der Waals surface area (Å²) in [6.07, 6.45) is -2.18. The summed E-state index contributed by atoms with van der Waals surface area (Å²) in [6.45, 7) is 4.49. The minimum atomic E-state index is -4.82. The van der Waals surface area contributed by atoms with Gasteiger partial charge in [-0.2, -0.15) is 10.1 Å². The normalized spacial score (nSPS) is 11.2. The molecule has 1 aromatic carbocycles. The number of benzene rings is 1. The molecule has 214 valence electrons. The quantitative estimate of drug-likeness (QED) is 0.311.